The second-order valence-electron chi connectivity index (χ2n) is 8.33. The molecule has 164 valence electrons. The highest BCUT2D eigenvalue weighted by Gasteiger charge is 2.33. The van der Waals surface area contributed by atoms with Crippen molar-refractivity contribution in [2.75, 3.05) is 16.4 Å². The van der Waals surface area contributed by atoms with Crippen LogP contribution in [0, 0.1) is 0 Å². The second kappa shape index (κ2) is 8.01. The van der Waals surface area contributed by atoms with Gasteiger partial charge in [0.1, 0.15) is 0 Å². The van der Waals surface area contributed by atoms with E-state index in [0.717, 1.165) is 34.1 Å². The lowest BCUT2D eigenvalue weighted by atomic mass is 10.1. The smallest absolute Gasteiger partial charge is 0.260 e. The van der Waals surface area contributed by atoms with Gasteiger partial charge in [-0.05, 0) is 76.7 Å². The first-order valence-corrected chi connectivity index (χ1v) is 12.9. The summed E-state index contributed by atoms with van der Waals surface area (Å²) in [6.07, 6.45) is 4.31. The maximum absolute atomic E-state index is 13.7. The number of nitrogen functional groups attached to an aromatic ring is 1. The minimum Gasteiger partial charge on any atom is -0.398 e. The van der Waals surface area contributed by atoms with Gasteiger partial charge in [-0.1, -0.05) is 18.2 Å². The number of hydrogen-bond donors (Lipinski definition) is 1. The van der Waals surface area contributed by atoms with Crippen molar-refractivity contribution < 1.29 is 13.2 Å². The number of carbonyl (C=O) groups is 1. The molecule has 8 heteroatoms. The quantitative estimate of drug-likeness (QED) is 0.509. The summed E-state index contributed by atoms with van der Waals surface area (Å²) in [5.74, 6) is 0.255. The normalized spacial score (nSPS) is 16.5. The fraction of sp³-hybridized carbons (Fsp3) is 0.250. The van der Waals surface area contributed by atoms with Gasteiger partial charge in [0.25, 0.3) is 5.91 Å². The van der Waals surface area contributed by atoms with Crippen LogP contribution in [-0.4, -0.2) is 25.1 Å². The summed E-state index contributed by atoms with van der Waals surface area (Å²) >= 11 is 3.39. The van der Waals surface area contributed by atoms with Gasteiger partial charge in [-0.2, -0.15) is 0 Å². The molecule has 0 atom stereocenters. The molecule has 0 bridgehead atoms. The van der Waals surface area contributed by atoms with Crippen LogP contribution in [0.3, 0.4) is 0 Å². The first-order chi connectivity index (χ1) is 15.3. The zero-order valence-corrected chi connectivity index (χ0v) is 19.7. The number of nitrogens with two attached hydrogens (primary N) is 1. The summed E-state index contributed by atoms with van der Waals surface area (Å²) in [5, 5.41) is 0. The number of carbonyl (C=O) groups excluding carboxylic acids is 1. The van der Waals surface area contributed by atoms with E-state index in [0.29, 0.717) is 29.3 Å². The number of pyridine rings is 1. The van der Waals surface area contributed by atoms with Gasteiger partial charge in [0.15, 0.2) is 9.84 Å². The Morgan fingerprint density at radius 1 is 1.16 bits per heavy atom. The molecule has 2 aliphatic rings. The molecular formula is C24H22BrN3O3S. The Bertz CT molecular complexity index is 1320. The maximum Gasteiger partial charge on any atom is 0.260 e. The molecule has 5 rings (SSSR count). The number of nitrogens with zero attached hydrogens (tertiary/aromatic N) is 2. The van der Waals surface area contributed by atoms with Crippen LogP contribution >= 0.6 is 15.9 Å². The summed E-state index contributed by atoms with van der Waals surface area (Å²) < 4.78 is 26.4. The zero-order chi connectivity index (χ0) is 22.5. The van der Waals surface area contributed by atoms with Crippen molar-refractivity contribution in [3.8, 4) is 0 Å². The number of hydrogen-bond acceptors (Lipinski definition) is 5. The number of anilines is 2. The van der Waals surface area contributed by atoms with Crippen LogP contribution in [-0.2, 0) is 22.8 Å². The van der Waals surface area contributed by atoms with E-state index in [1.165, 1.54) is 4.90 Å². The molecule has 1 aliphatic carbocycles. The summed E-state index contributed by atoms with van der Waals surface area (Å²) in [5.41, 5.74) is 9.97. The molecule has 2 N–H and O–H groups in total. The standard InChI is InChI=1S/C24H22BrN3O3S/c25-19-8-4-15(12-20(19)26)14-28(22-3-1-2-17-10-11-32(30,31)23(17)22)24(29)18-7-9-21(27-13-18)16-5-6-16/h1-4,7-9,12-13,16H,5-6,10-11,14,26H2. The Morgan fingerprint density at radius 2 is 1.97 bits per heavy atom. The number of benzene rings is 2. The number of fused-ring (bicyclic) bond motifs is 1. The average Bonchev–Trinajstić information content (AvgIpc) is 3.59. The minimum atomic E-state index is -3.46. The average molecular weight is 512 g/mol. The Hall–Kier alpha value is -2.71. The van der Waals surface area contributed by atoms with Crippen LogP contribution in [0.1, 0.15) is 45.9 Å². The molecular weight excluding hydrogens is 490 g/mol. The van der Waals surface area contributed by atoms with Gasteiger partial charge in [0.2, 0.25) is 0 Å². The highest BCUT2D eigenvalue weighted by atomic mass is 79.9. The number of rotatable bonds is 5. The third-order valence-corrected chi connectivity index (χ3v) is 8.55. The van der Waals surface area contributed by atoms with Crippen molar-refractivity contribution >= 4 is 43.0 Å². The van der Waals surface area contributed by atoms with Crippen molar-refractivity contribution in [3.05, 3.63) is 81.6 Å². The van der Waals surface area contributed by atoms with Crippen LogP contribution in [0.2, 0.25) is 0 Å². The Labute approximate surface area is 195 Å². The predicted octanol–water partition coefficient (Wildman–Crippen LogP) is 4.48. The van der Waals surface area contributed by atoms with Gasteiger partial charge in [0.05, 0.1) is 28.4 Å². The molecule has 2 heterocycles. The number of aromatic nitrogens is 1. The van der Waals surface area contributed by atoms with E-state index in [2.05, 4.69) is 20.9 Å². The highest BCUT2D eigenvalue weighted by Crippen LogP contribution is 2.39. The van der Waals surface area contributed by atoms with Crippen LogP contribution in [0.15, 0.2) is 64.1 Å². The van der Waals surface area contributed by atoms with Gasteiger partial charge in [-0.25, -0.2) is 8.42 Å². The second-order valence-corrected chi connectivity index (χ2v) is 11.2. The van der Waals surface area contributed by atoms with E-state index in [1.807, 2.05) is 24.3 Å². The minimum absolute atomic E-state index is 0.0598. The van der Waals surface area contributed by atoms with E-state index in [9.17, 15) is 13.2 Å². The number of halogens is 1. The molecule has 1 saturated carbocycles. The summed E-state index contributed by atoms with van der Waals surface area (Å²) in [6, 6.07) is 14.5. The molecule has 0 spiro atoms. The first-order valence-electron chi connectivity index (χ1n) is 10.5. The largest absolute Gasteiger partial charge is 0.398 e. The molecule has 0 radical (unpaired) electrons. The molecule has 1 amide bonds. The molecule has 1 fully saturated rings. The van der Waals surface area contributed by atoms with E-state index < -0.39 is 9.84 Å². The van der Waals surface area contributed by atoms with Crippen molar-refractivity contribution in [3.63, 3.8) is 0 Å². The Balaban J connectivity index is 1.59. The molecule has 6 nitrogen and oxygen atoms in total. The predicted molar refractivity (Wildman–Crippen MR) is 127 cm³/mol. The maximum atomic E-state index is 13.7. The van der Waals surface area contributed by atoms with Gasteiger partial charge >= 0.3 is 0 Å². The van der Waals surface area contributed by atoms with Crippen molar-refractivity contribution in [2.45, 2.75) is 36.6 Å². The van der Waals surface area contributed by atoms with Gasteiger partial charge in [0, 0.05) is 28.0 Å². The van der Waals surface area contributed by atoms with E-state index in [-0.39, 0.29) is 23.1 Å². The SMILES string of the molecule is Nc1cc(CN(C(=O)c2ccc(C3CC3)nc2)c2cccc3c2S(=O)(=O)CC3)ccc1Br. The van der Waals surface area contributed by atoms with Crippen LogP contribution in [0.5, 0.6) is 0 Å². The number of amides is 1. The van der Waals surface area contributed by atoms with E-state index >= 15 is 0 Å². The third-order valence-electron chi connectivity index (χ3n) is 5.99. The monoisotopic (exact) mass is 511 g/mol. The summed E-state index contributed by atoms with van der Waals surface area (Å²) in [4.78, 5) is 19.9. The Kier molecular flexibility index (Phi) is 5.29. The lowest BCUT2D eigenvalue weighted by Crippen LogP contribution is -2.32. The topological polar surface area (TPSA) is 93.4 Å². The molecule has 3 aromatic rings. The van der Waals surface area contributed by atoms with Gasteiger partial charge in [-0.15, -0.1) is 0 Å². The Morgan fingerprint density at radius 3 is 2.66 bits per heavy atom. The van der Waals surface area contributed by atoms with Crippen molar-refractivity contribution in [2.24, 2.45) is 0 Å². The van der Waals surface area contributed by atoms with Crippen LogP contribution < -0.4 is 10.6 Å². The molecule has 1 aromatic heterocycles. The summed E-state index contributed by atoms with van der Waals surface area (Å²) in [6.45, 7) is 0.187. The first kappa shape index (κ1) is 21.2. The van der Waals surface area contributed by atoms with Crippen LogP contribution in [0.4, 0.5) is 11.4 Å². The molecule has 32 heavy (non-hydrogen) atoms. The summed E-state index contributed by atoms with van der Waals surface area (Å²) in [7, 11) is -3.46. The van der Waals surface area contributed by atoms with E-state index in [1.54, 1.807) is 30.5 Å². The molecule has 2 aromatic carbocycles. The highest BCUT2D eigenvalue weighted by molar-refractivity contribution is 9.10. The number of sulfone groups is 1. The van der Waals surface area contributed by atoms with Gasteiger partial charge in [-0.3, -0.25) is 9.78 Å². The molecule has 0 unspecified atom stereocenters. The third kappa shape index (κ3) is 3.93. The molecule has 0 saturated heterocycles. The zero-order valence-electron chi connectivity index (χ0n) is 17.3. The number of aryl methyl sites for hydroxylation is 1. The fourth-order valence-electron chi connectivity index (χ4n) is 4.13. The van der Waals surface area contributed by atoms with Gasteiger partial charge < -0.3 is 10.6 Å². The fourth-order valence-corrected chi connectivity index (χ4v) is 6.14. The molecule has 1 aliphatic heterocycles. The lowest BCUT2D eigenvalue weighted by molar-refractivity contribution is 0.0984. The van der Waals surface area contributed by atoms with Crippen LogP contribution in [0.25, 0.3) is 0 Å². The van der Waals surface area contributed by atoms with Crippen molar-refractivity contribution in [1.82, 2.24) is 4.98 Å². The van der Waals surface area contributed by atoms with E-state index in [4.69, 9.17) is 5.73 Å². The lowest BCUT2D eigenvalue weighted by Gasteiger charge is -2.25. The van der Waals surface area contributed by atoms with Crippen molar-refractivity contribution in [1.29, 1.82) is 0 Å².